The first kappa shape index (κ1) is 26.8. The molecule has 2 heterocycles. The molecule has 8 aromatic carbocycles. The predicted octanol–water partition coefficient (Wildman–Crippen LogP) is 12.4. The molecule has 0 spiro atoms. The molecular weight excluding hydrogens is 581 g/mol. The van der Waals surface area contributed by atoms with Gasteiger partial charge in [-0.05, 0) is 58.0 Å². The lowest BCUT2D eigenvalue weighted by Gasteiger charge is -2.15. The van der Waals surface area contributed by atoms with Gasteiger partial charge >= 0.3 is 0 Å². The van der Waals surface area contributed by atoms with Crippen molar-refractivity contribution in [2.24, 2.45) is 0 Å². The largest absolute Gasteiger partial charge is 0.307 e. The minimum absolute atomic E-state index is 1.15. The van der Waals surface area contributed by atoms with Crippen LogP contribution in [0.2, 0.25) is 0 Å². The average Bonchev–Trinajstić information content (AvgIpc) is 3.68. The Labute approximate surface area is 278 Å². The minimum atomic E-state index is 1.15. The van der Waals surface area contributed by atoms with Crippen molar-refractivity contribution in [3.63, 3.8) is 0 Å². The summed E-state index contributed by atoms with van der Waals surface area (Å²) in [6.07, 6.45) is 0. The first-order chi connectivity index (χ1) is 23.8. The molecule has 2 heteroatoms. The van der Waals surface area contributed by atoms with Gasteiger partial charge in [-0.25, -0.2) is 0 Å². The summed E-state index contributed by atoms with van der Waals surface area (Å²) >= 11 is 0. The molecule has 0 aliphatic heterocycles. The van der Waals surface area contributed by atoms with Crippen LogP contribution >= 0.6 is 0 Å². The number of para-hydroxylation sites is 2. The fourth-order valence-corrected chi connectivity index (χ4v) is 7.73. The van der Waals surface area contributed by atoms with Crippen LogP contribution in [0.15, 0.2) is 182 Å². The van der Waals surface area contributed by atoms with Crippen molar-refractivity contribution < 1.29 is 0 Å². The molecule has 0 bridgehead atoms. The standard InChI is InChI=1S/C46H30N2/c1-2-12-31(13-3-1)32-24-26-33(27-25-32)35-16-10-17-36(30-35)47-43-21-8-6-19-38(43)40-28-29-41-39-20-7-9-22-44(39)48(46(41)45(40)47)42-23-11-15-34-14-4-5-18-37(34)42/h1-30H. The summed E-state index contributed by atoms with van der Waals surface area (Å²) in [5.41, 5.74) is 12.0. The normalized spacial score (nSPS) is 11.8. The van der Waals surface area contributed by atoms with Crippen LogP contribution in [0.4, 0.5) is 0 Å². The van der Waals surface area contributed by atoms with Crippen molar-refractivity contribution in [3.8, 4) is 33.6 Å². The van der Waals surface area contributed by atoms with Crippen molar-refractivity contribution in [2.75, 3.05) is 0 Å². The van der Waals surface area contributed by atoms with Gasteiger partial charge in [0.2, 0.25) is 0 Å². The van der Waals surface area contributed by atoms with E-state index in [1.165, 1.54) is 82.3 Å². The Hall–Kier alpha value is -6.38. The van der Waals surface area contributed by atoms with Gasteiger partial charge in [0.15, 0.2) is 0 Å². The Kier molecular flexibility index (Phi) is 5.91. The molecule has 0 radical (unpaired) electrons. The van der Waals surface area contributed by atoms with Gasteiger partial charge in [0.25, 0.3) is 0 Å². The zero-order valence-electron chi connectivity index (χ0n) is 26.2. The van der Waals surface area contributed by atoms with E-state index in [0.29, 0.717) is 0 Å². The number of fused-ring (bicyclic) bond motifs is 8. The van der Waals surface area contributed by atoms with E-state index in [1.54, 1.807) is 0 Å². The fourth-order valence-electron chi connectivity index (χ4n) is 7.73. The second-order valence-corrected chi connectivity index (χ2v) is 12.6. The number of hydrogen-bond acceptors (Lipinski definition) is 0. The van der Waals surface area contributed by atoms with E-state index in [-0.39, 0.29) is 0 Å². The number of rotatable bonds is 4. The van der Waals surface area contributed by atoms with E-state index < -0.39 is 0 Å². The smallest absolute Gasteiger partial charge is 0.0789 e. The lowest BCUT2D eigenvalue weighted by molar-refractivity contribution is 1.16. The van der Waals surface area contributed by atoms with Gasteiger partial charge < -0.3 is 9.13 Å². The van der Waals surface area contributed by atoms with Crippen LogP contribution < -0.4 is 0 Å². The molecule has 0 aliphatic carbocycles. The number of aromatic nitrogens is 2. The van der Waals surface area contributed by atoms with E-state index >= 15 is 0 Å². The van der Waals surface area contributed by atoms with Crippen LogP contribution in [-0.4, -0.2) is 9.13 Å². The maximum Gasteiger partial charge on any atom is 0.0789 e. The second kappa shape index (κ2) is 10.6. The van der Waals surface area contributed by atoms with Crippen LogP contribution in [-0.2, 0) is 0 Å². The first-order valence-corrected chi connectivity index (χ1v) is 16.5. The van der Waals surface area contributed by atoms with Gasteiger partial charge in [-0.15, -0.1) is 0 Å². The lowest BCUT2D eigenvalue weighted by Crippen LogP contribution is -1.99. The van der Waals surface area contributed by atoms with Gasteiger partial charge in [0.05, 0.1) is 27.8 Å². The molecule has 0 saturated heterocycles. The molecule has 2 aromatic heterocycles. The van der Waals surface area contributed by atoms with Crippen molar-refractivity contribution in [1.29, 1.82) is 0 Å². The summed E-state index contributed by atoms with van der Waals surface area (Å²) in [5, 5.41) is 7.48. The van der Waals surface area contributed by atoms with Crippen LogP contribution in [0.1, 0.15) is 0 Å². The van der Waals surface area contributed by atoms with E-state index in [2.05, 4.69) is 191 Å². The monoisotopic (exact) mass is 610 g/mol. The third kappa shape index (κ3) is 4.00. The van der Waals surface area contributed by atoms with E-state index in [1.807, 2.05) is 0 Å². The van der Waals surface area contributed by atoms with E-state index in [4.69, 9.17) is 0 Å². The first-order valence-electron chi connectivity index (χ1n) is 16.5. The molecule has 0 N–H and O–H groups in total. The van der Waals surface area contributed by atoms with Crippen LogP contribution in [0, 0.1) is 0 Å². The average molecular weight is 611 g/mol. The van der Waals surface area contributed by atoms with Crippen molar-refractivity contribution in [3.05, 3.63) is 182 Å². The molecule has 0 fully saturated rings. The molecule has 10 aromatic rings. The van der Waals surface area contributed by atoms with Gasteiger partial charge in [0, 0.05) is 32.6 Å². The third-order valence-electron chi connectivity index (χ3n) is 9.91. The summed E-state index contributed by atoms with van der Waals surface area (Å²) in [6.45, 7) is 0. The molecule has 2 nitrogen and oxygen atoms in total. The molecular formula is C46H30N2. The highest BCUT2D eigenvalue weighted by Gasteiger charge is 2.22. The minimum Gasteiger partial charge on any atom is -0.307 e. The SMILES string of the molecule is c1ccc(-c2ccc(-c3cccc(-n4c5ccccc5c5ccc6c7ccccc7n(-c7cccc8ccccc78)c6c54)c3)cc2)cc1. The number of benzene rings is 8. The quantitative estimate of drug-likeness (QED) is 0.188. The zero-order valence-corrected chi connectivity index (χ0v) is 26.2. The summed E-state index contributed by atoms with van der Waals surface area (Å²) in [5.74, 6) is 0. The van der Waals surface area contributed by atoms with Crippen molar-refractivity contribution >= 4 is 54.4 Å². The second-order valence-electron chi connectivity index (χ2n) is 12.6. The van der Waals surface area contributed by atoms with Crippen molar-refractivity contribution in [2.45, 2.75) is 0 Å². The lowest BCUT2D eigenvalue weighted by atomic mass is 10.00. The predicted molar refractivity (Wildman–Crippen MR) is 203 cm³/mol. The van der Waals surface area contributed by atoms with Gasteiger partial charge in [-0.1, -0.05) is 152 Å². The molecule has 0 amide bonds. The number of nitrogens with zero attached hydrogens (tertiary/aromatic N) is 2. The van der Waals surface area contributed by atoms with Crippen LogP contribution in [0.3, 0.4) is 0 Å². The topological polar surface area (TPSA) is 9.86 Å². The zero-order chi connectivity index (χ0) is 31.6. The molecule has 0 aliphatic rings. The Morgan fingerprint density at radius 3 is 1.52 bits per heavy atom. The van der Waals surface area contributed by atoms with E-state index in [0.717, 1.165) is 5.69 Å². The molecule has 48 heavy (non-hydrogen) atoms. The summed E-state index contributed by atoms with van der Waals surface area (Å²) < 4.78 is 4.98. The highest BCUT2D eigenvalue weighted by molar-refractivity contribution is 6.24. The maximum atomic E-state index is 2.50. The third-order valence-corrected chi connectivity index (χ3v) is 9.91. The maximum absolute atomic E-state index is 2.50. The van der Waals surface area contributed by atoms with Crippen molar-refractivity contribution in [1.82, 2.24) is 9.13 Å². The highest BCUT2D eigenvalue weighted by Crippen LogP contribution is 2.43. The summed E-state index contributed by atoms with van der Waals surface area (Å²) in [6, 6.07) is 66.2. The Bertz CT molecular complexity index is 2810. The van der Waals surface area contributed by atoms with E-state index in [9.17, 15) is 0 Å². The highest BCUT2D eigenvalue weighted by atomic mass is 15.0. The van der Waals surface area contributed by atoms with Crippen LogP contribution in [0.5, 0.6) is 0 Å². The fraction of sp³-hybridized carbons (Fsp3) is 0. The molecule has 224 valence electrons. The van der Waals surface area contributed by atoms with Gasteiger partial charge in [-0.2, -0.15) is 0 Å². The summed E-state index contributed by atoms with van der Waals surface area (Å²) in [7, 11) is 0. The molecule has 10 rings (SSSR count). The Balaban J connectivity index is 1.28. The van der Waals surface area contributed by atoms with Gasteiger partial charge in [-0.3, -0.25) is 0 Å². The molecule has 0 atom stereocenters. The Morgan fingerprint density at radius 1 is 0.292 bits per heavy atom. The number of hydrogen-bond donors (Lipinski definition) is 0. The van der Waals surface area contributed by atoms with Gasteiger partial charge in [0.1, 0.15) is 0 Å². The molecule has 0 saturated carbocycles. The van der Waals surface area contributed by atoms with Crippen LogP contribution in [0.25, 0.3) is 88.0 Å². The summed E-state index contributed by atoms with van der Waals surface area (Å²) in [4.78, 5) is 0. The Morgan fingerprint density at radius 2 is 0.792 bits per heavy atom. The molecule has 0 unspecified atom stereocenters.